The second-order valence-electron chi connectivity index (χ2n) is 17.9. The molecular formula is C51H64O11. The number of carbonyl (C=O) groups excluding carboxylic acids is 2. The lowest BCUT2D eigenvalue weighted by molar-refractivity contribution is -0.326. The van der Waals surface area contributed by atoms with Crippen LogP contribution in [0.25, 0.3) is 0 Å². The molecule has 4 aromatic rings. The maximum absolute atomic E-state index is 13.8. The quantitative estimate of drug-likeness (QED) is 0.0895. The van der Waals surface area contributed by atoms with Gasteiger partial charge in [-0.15, -0.1) is 0 Å². The number of esters is 2. The van der Waals surface area contributed by atoms with Crippen LogP contribution in [0.2, 0.25) is 0 Å². The summed E-state index contributed by atoms with van der Waals surface area (Å²) in [6, 6.07) is 38.9. The Labute approximate surface area is 368 Å². The summed E-state index contributed by atoms with van der Waals surface area (Å²) in [5.41, 5.74) is 1.94. The molecular weight excluding hydrogens is 789 g/mol. The van der Waals surface area contributed by atoms with Crippen molar-refractivity contribution in [1.29, 1.82) is 0 Å². The monoisotopic (exact) mass is 853 g/mol. The fourth-order valence-electron chi connectivity index (χ4n) is 7.07. The zero-order chi connectivity index (χ0) is 45.0. The van der Waals surface area contributed by atoms with Crippen molar-refractivity contribution in [2.45, 2.75) is 136 Å². The molecule has 0 spiro atoms. The van der Waals surface area contributed by atoms with E-state index in [0.717, 1.165) is 22.3 Å². The van der Waals surface area contributed by atoms with Crippen LogP contribution in [-0.4, -0.2) is 80.3 Å². The van der Waals surface area contributed by atoms with Crippen molar-refractivity contribution in [2.24, 2.45) is 10.8 Å². The number of rotatable bonds is 18. The summed E-state index contributed by atoms with van der Waals surface area (Å²) in [7, 11) is 0. The molecule has 0 radical (unpaired) electrons. The van der Waals surface area contributed by atoms with Gasteiger partial charge in [-0.2, -0.15) is 0 Å². The van der Waals surface area contributed by atoms with Gasteiger partial charge in [-0.1, -0.05) is 128 Å². The maximum atomic E-state index is 13.8. The van der Waals surface area contributed by atoms with E-state index >= 15 is 0 Å². The molecule has 2 heterocycles. The van der Waals surface area contributed by atoms with Crippen LogP contribution in [-0.2, 0) is 78.6 Å². The van der Waals surface area contributed by atoms with Crippen LogP contribution in [0.1, 0.15) is 78.5 Å². The zero-order valence-corrected chi connectivity index (χ0v) is 37.1. The Hall–Kier alpha value is -4.46. The van der Waals surface area contributed by atoms with Gasteiger partial charge in [-0.25, -0.2) is 0 Å². The van der Waals surface area contributed by atoms with Crippen molar-refractivity contribution in [3.63, 3.8) is 0 Å². The maximum Gasteiger partial charge on any atom is 0.311 e. The normalized spacial score (nSPS) is 26.9. The van der Waals surface area contributed by atoms with E-state index in [4.69, 9.17) is 42.6 Å². The van der Waals surface area contributed by atoms with Crippen molar-refractivity contribution in [3.05, 3.63) is 144 Å². The average molecular weight is 854 g/mol. The fraction of sp³-hybridized carbons (Fsp3) is 0.490. The minimum atomic E-state index is -1.37. The lowest BCUT2D eigenvalue weighted by atomic mass is 9.94. The van der Waals surface area contributed by atoms with Crippen molar-refractivity contribution in [2.75, 3.05) is 13.2 Å². The smallest absolute Gasteiger partial charge is 0.311 e. The van der Waals surface area contributed by atoms with E-state index in [-0.39, 0.29) is 33.0 Å². The molecule has 0 aliphatic carbocycles. The molecule has 2 aliphatic heterocycles. The first-order chi connectivity index (χ1) is 30.2. The minimum Gasteiger partial charge on any atom is -0.457 e. The Balaban J connectivity index is 1.33. The number of benzene rings is 4. The van der Waals surface area contributed by atoms with Gasteiger partial charge in [-0.05, 0) is 70.2 Å². The lowest BCUT2D eigenvalue weighted by Gasteiger charge is -2.47. The topological polar surface area (TPSA) is 117 Å². The Morgan fingerprint density at radius 3 is 1.34 bits per heavy atom. The fourth-order valence-corrected chi connectivity index (χ4v) is 7.07. The molecule has 2 fully saturated rings. The van der Waals surface area contributed by atoms with E-state index < -0.39 is 84.5 Å². The van der Waals surface area contributed by atoms with Gasteiger partial charge in [0.15, 0.2) is 18.5 Å². The Morgan fingerprint density at radius 1 is 0.532 bits per heavy atom. The Morgan fingerprint density at radius 2 is 0.919 bits per heavy atom. The molecule has 62 heavy (non-hydrogen) atoms. The van der Waals surface area contributed by atoms with Gasteiger partial charge in [0.25, 0.3) is 0 Å². The van der Waals surface area contributed by atoms with Crippen LogP contribution in [0.5, 0.6) is 0 Å². The number of ether oxygens (including phenoxy) is 9. The molecule has 11 nitrogen and oxygen atoms in total. The van der Waals surface area contributed by atoms with E-state index in [1.165, 1.54) is 0 Å². The number of carbonyl (C=O) groups is 2. The highest BCUT2D eigenvalue weighted by molar-refractivity contribution is 5.76. The molecule has 0 N–H and O–H groups in total. The summed E-state index contributed by atoms with van der Waals surface area (Å²) in [4.78, 5) is 27.2. The molecule has 2 aliphatic rings. The van der Waals surface area contributed by atoms with Crippen LogP contribution in [0.15, 0.2) is 121 Å². The van der Waals surface area contributed by atoms with Gasteiger partial charge in [0.2, 0.25) is 0 Å². The van der Waals surface area contributed by atoms with Gasteiger partial charge in [0, 0.05) is 0 Å². The predicted molar refractivity (Wildman–Crippen MR) is 233 cm³/mol. The first kappa shape index (κ1) is 45.6. The number of hydrogen-bond acceptors (Lipinski definition) is 11. The van der Waals surface area contributed by atoms with Crippen molar-refractivity contribution in [3.8, 4) is 0 Å². The van der Waals surface area contributed by atoms with E-state index in [9.17, 15) is 11.0 Å². The average Bonchev–Trinajstić information content (AvgIpc) is 3.27. The molecule has 0 aromatic heterocycles. The molecule has 4 unspecified atom stereocenters. The van der Waals surface area contributed by atoms with E-state index in [1.54, 1.807) is 41.5 Å². The van der Waals surface area contributed by atoms with Crippen LogP contribution in [0.3, 0.4) is 0 Å². The molecule has 4 aromatic carbocycles. The summed E-state index contributed by atoms with van der Waals surface area (Å²) in [6.07, 6.45) is -7.66. The third-order valence-electron chi connectivity index (χ3n) is 10.7. The molecule has 0 saturated carbocycles. The molecule has 10 atom stereocenters. The zero-order valence-electron chi connectivity index (χ0n) is 38.1. The Bertz CT molecular complexity index is 1970. The second-order valence-corrected chi connectivity index (χ2v) is 17.9. The van der Waals surface area contributed by atoms with Crippen molar-refractivity contribution >= 4 is 11.9 Å². The van der Waals surface area contributed by atoms with E-state index in [1.807, 2.05) is 128 Å². The van der Waals surface area contributed by atoms with Crippen LogP contribution in [0.4, 0.5) is 0 Å². The summed E-state index contributed by atoms with van der Waals surface area (Å²) in [6.45, 7) is 11.9. The summed E-state index contributed by atoms with van der Waals surface area (Å²) in [5, 5.41) is 0. The standard InChI is InChI=1S/C51H64O11/c1-8-39-42(55-29-35-21-13-9-14-22-35)45(58-32-38-27-19-12-20-28-38)46(62-49(53)51(5,6)7)47(60-39)59-33-40-43(56-30-36-23-15-10-16-24-36)44(57-31-37-25-17-11-18-26-37)41(34-54-40)61-48(52)50(2,3)4/h9-28,39-47H,8,29-34H2,1-7H3/t39?,40?,41?,42-,43-,44+,45-,46?,47-/m1/s1/i34D/t34-,39?,40?,41?,42+,43+,44-,45+,46?,47+/m0. The highest BCUT2D eigenvalue weighted by Crippen LogP contribution is 2.35. The van der Waals surface area contributed by atoms with Gasteiger partial charge in [0.05, 0.1) is 57.9 Å². The molecule has 6 rings (SSSR count). The first-order valence-corrected chi connectivity index (χ1v) is 21.6. The van der Waals surface area contributed by atoms with Crippen molar-refractivity contribution < 1.29 is 53.6 Å². The molecule has 334 valence electrons. The van der Waals surface area contributed by atoms with Gasteiger partial charge in [-0.3, -0.25) is 9.59 Å². The van der Waals surface area contributed by atoms with Crippen LogP contribution in [0, 0.1) is 10.8 Å². The summed E-state index contributed by atoms with van der Waals surface area (Å²) < 4.78 is 68.1. The summed E-state index contributed by atoms with van der Waals surface area (Å²) in [5.74, 6) is -0.981. The highest BCUT2D eigenvalue weighted by atomic mass is 16.7. The predicted octanol–water partition coefficient (Wildman–Crippen LogP) is 8.79. The highest BCUT2D eigenvalue weighted by Gasteiger charge is 2.52. The molecule has 11 heteroatoms. The third kappa shape index (κ3) is 13.3. The number of hydrogen-bond donors (Lipinski definition) is 0. The van der Waals surface area contributed by atoms with E-state index in [0.29, 0.717) is 6.42 Å². The van der Waals surface area contributed by atoms with Gasteiger partial charge in [0.1, 0.15) is 30.5 Å². The SMILES string of the molecule is [2H][C@@H]1OC(CO[C@@H]2OC(CC)[C@@H](OCc3ccccc3)[C@@H](OCc3ccccc3)C2OC(=O)C(C)(C)C)[C@@H](OCc2ccccc2)[C@@H](OCc2ccccc2)C1OC(=O)C(C)(C)C. The molecule has 0 amide bonds. The van der Waals surface area contributed by atoms with Gasteiger partial charge >= 0.3 is 11.9 Å². The van der Waals surface area contributed by atoms with Crippen LogP contribution >= 0.6 is 0 Å². The van der Waals surface area contributed by atoms with Crippen LogP contribution < -0.4 is 0 Å². The first-order valence-electron chi connectivity index (χ1n) is 22.2. The lowest BCUT2D eigenvalue weighted by Crippen LogP contribution is -2.62. The van der Waals surface area contributed by atoms with Gasteiger partial charge < -0.3 is 42.6 Å². The summed E-state index contributed by atoms with van der Waals surface area (Å²) >= 11 is 0. The minimum absolute atomic E-state index is 0.153. The third-order valence-corrected chi connectivity index (χ3v) is 10.7. The largest absolute Gasteiger partial charge is 0.457 e. The molecule has 2 saturated heterocycles. The second kappa shape index (κ2) is 22.2. The Kier molecular flexibility index (Phi) is 16.3. The van der Waals surface area contributed by atoms with E-state index in [2.05, 4.69) is 0 Å². The molecule has 0 bridgehead atoms. The van der Waals surface area contributed by atoms with Crippen molar-refractivity contribution in [1.82, 2.24) is 0 Å².